The molecule has 1 N–H and O–H groups in total. The fourth-order valence-electron chi connectivity index (χ4n) is 3.95. The quantitative estimate of drug-likeness (QED) is 0.402. The van der Waals surface area contributed by atoms with Crippen LogP contribution in [0.2, 0.25) is 0 Å². The zero-order valence-electron chi connectivity index (χ0n) is 19.7. The number of nitrogens with one attached hydrogen (secondary N) is 1. The molecule has 0 aliphatic heterocycles. The van der Waals surface area contributed by atoms with Crippen LogP contribution in [0.5, 0.6) is 0 Å². The molecule has 2 aromatic carbocycles. The summed E-state index contributed by atoms with van der Waals surface area (Å²) in [6.45, 7) is 6.60. The summed E-state index contributed by atoms with van der Waals surface area (Å²) in [6, 6.07) is 13.2. The average molecular weight is 482 g/mol. The van der Waals surface area contributed by atoms with Crippen LogP contribution in [-0.2, 0) is 25.8 Å². The van der Waals surface area contributed by atoms with E-state index in [2.05, 4.69) is 15.5 Å². The third-order valence-electron chi connectivity index (χ3n) is 5.82. The Labute approximate surface area is 201 Å². The molecule has 0 saturated carbocycles. The zero-order chi connectivity index (χ0) is 25.2. The Morgan fingerprint density at radius 1 is 0.914 bits per heavy atom. The number of carbonyl (C=O) groups is 1. The first kappa shape index (κ1) is 24.3. The first-order valence-corrected chi connectivity index (χ1v) is 11.1. The van der Waals surface area contributed by atoms with Crippen LogP contribution < -0.4 is 5.32 Å². The number of benzene rings is 2. The summed E-state index contributed by atoms with van der Waals surface area (Å²) in [5.41, 5.74) is 3.97. The molecular weight excluding hydrogens is 455 g/mol. The smallest absolute Gasteiger partial charge is 0.348 e. The van der Waals surface area contributed by atoms with Crippen molar-refractivity contribution in [1.29, 1.82) is 0 Å². The number of rotatable bonds is 7. The van der Waals surface area contributed by atoms with Gasteiger partial charge in [0.1, 0.15) is 0 Å². The number of halogens is 3. The van der Waals surface area contributed by atoms with Gasteiger partial charge in [-0.05, 0) is 54.2 Å². The van der Waals surface area contributed by atoms with Crippen molar-refractivity contribution in [1.82, 2.24) is 24.9 Å². The lowest BCUT2D eigenvalue weighted by Crippen LogP contribution is -2.26. The van der Waals surface area contributed by atoms with Gasteiger partial charge in [0, 0.05) is 18.9 Å². The van der Waals surface area contributed by atoms with Crippen LogP contribution in [-0.4, -0.2) is 25.5 Å². The van der Waals surface area contributed by atoms with Gasteiger partial charge < -0.3 is 5.32 Å². The standard InChI is InChI=1S/C26H26F3N5O/c1-17-11-31-33(13-17)14-20-7-9-21(10-8-20)15-34-16-23(24(32-34)26(27,28)29)25(35)30-12-22-18(2)5-4-6-19(22)3/h4-11,13,16H,12,14-15H2,1-3H3,(H,30,35). The molecule has 0 aliphatic rings. The lowest BCUT2D eigenvalue weighted by atomic mass is 10.0. The molecule has 1 amide bonds. The molecule has 0 unspecified atom stereocenters. The van der Waals surface area contributed by atoms with E-state index in [1.807, 2.05) is 74.1 Å². The topological polar surface area (TPSA) is 64.7 Å². The summed E-state index contributed by atoms with van der Waals surface area (Å²) in [5, 5.41) is 10.6. The number of amides is 1. The second kappa shape index (κ2) is 9.77. The minimum atomic E-state index is -4.75. The summed E-state index contributed by atoms with van der Waals surface area (Å²) in [6.07, 6.45) is 0.120. The van der Waals surface area contributed by atoms with Crippen molar-refractivity contribution in [2.75, 3.05) is 0 Å². The second-order valence-corrected chi connectivity index (χ2v) is 8.67. The van der Waals surface area contributed by atoms with Crippen LogP contribution in [0.3, 0.4) is 0 Å². The van der Waals surface area contributed by atoms with Crippen molar-refractivity contribution < 1.29 is 18.0 Å². The Bertz CT molecular complexity index is 1320. The Hall–Kier alpha value is -3.88. The molecule has 0 atom stereocenters. The van der Waals surface area contributed by atoms with Crippen molar-refractivity contribution in [2.24, 2.45) is 0 Å². The minimum absolute atomic E-state index is 0.106. The summed E-state index contributed by atoms with van der Waals surface area (Å²) in [4.78, 5) is 12.7. The molecule has 6 nitrogen and oxygen atoms in total. The third-order valence-corrected chi connectivity index (χ3v) is 5.82. The maximum absolute atomic E-state index is 13.6. The van der Waals surface area contributed by atoms with Gasteiger partial charge in [-0.3, -0.25) is 14.2 Å². The van der Waals surface area contributed by atoms with Crippen molar-refractivity contribution in [3.63, 3.8) is 0 Å². The Kier molecular flexibility index (Phi) is 6.77. The van der Waals surface area contributed by atoms with Crippen molar-refractivity contribution in [3.8, 4) is 0 Å². The van der Waals surface area contributed by atoms with E-state index in [-0.39, 0.29) is 13.1 Å². The van der Waals surface area contributed by atoms with Crippen LogP contribution in [0.15, 0.2) is 61.1 Å². The van der Waals surface area contributed by atoms with Gasteiger partial charge >= 0.3 is 6.18 Å². The number of hydrogen-bond donors (Lipinski definition) is 1. The molecule has 0 bridgehead atoms. The molecule has 4 aromatic rings. The number of carbonyl (C=O) groups excluding carboxylic acids is 1. The molecule has 0 fully saturated rings. The number of nitrogens with zero attached hydrogens (tertiary/aromatic N) is 4. The van der Waals surface area contributed by atoms with Crippen LogP contribution in [0.1, 0.15) is 49.4 Å². The third kappa shape index (κ3) is 5.79. The molecular formula is C26H26F3N5O. The van der Waals surface area contributed by atoms with Crippen molar-refractivity contribution >= 4 is 5.91 Å². The van der Waals surface area contributed by atoms with E-state index in [1.54, 1.807) is 6.20 Å². The summed E-state index contributed by atoms with van der Waals surface area (Å²) >= 11 is 0. The van der Waals surface area contributed by atoms with E-state index in [4.69, 9.17) is 0 Å². The molecule has 35 heavy (non-hydrogen) atoms. The molecule has 0 saturated heterocycles. The number of alkyl halides is 3. The summed E-state index contributed by atoms with van der Waals surface area (Å²) < 4.78 is 43.9. The molecule has 9 heteroatoms. The predicted molar refractivity (Wildman–Crippen MR) is 126 cm³/mol. The normalized spacial score (nSPS) is 11.6. The predicted octanol–water partition coefficient (Wildman–Crippen LogP) is 5.05. The number of aromatic nitrogens is 4. The molecule has 0 radical (unpaired) electrons. The highest BCUT2D eigenvalue weighted by molar-refractivity contribution is 5.95. The summed E-state index contributed by atoms with van der Waals surface area (Å²) in [7, 11) is 0. The van der Waals surface area contributed by atoms with E-state index in [1.165, 1.54) is 0 Å². The molecule has 0 aliphatic carbocycles. The van der Waals surface area contributed by atoms with E-state index < -0.39 is 23.3 Å². The SMILES string of the molecule is Cc1cnn(Cc2ccc(Cn3cc(C(=O)NCc4c(C)cccc4C)c(C(F)(F)F)n3)cc2)c1. The maximum atomic E-state index is 13.6. The lowest BCUT2D eigenvalue weighted by molar-refractivity contribution is -0.141. The largest absolute Gasteiger partial charge is 0.435 e. The molecule has 0 spiro atoms. The molecule has 4 rings (SSSR count). The fourth-order valence-corrected chi connectivity index (χ4v) is 3.95. The van der Waals surface area contributed by atoms with Gasteiger partial charge in [-0.25, -0.2) is 0 Å². The average Bonchev–Trinajstić information content (AvgIpc) is 3.41. The monoisotopic (exact) mass is 481 g/mol. The van der Waals surface area contributed by atoms with E-state index in [0.717, 1.165) is 44.3 Å². The van der Waals surface area contributed by atoms with Gasteiger partial charge in [0.25, 0.3) is 5.91 Å². The maximum Gasteiger partial charge on any atom is 0.435 e. The van der Waals surface area contributed by atoms with E-state index >= 15 is 0 Å². The first-order valence-electron chi connectivity index (χ1n) is 11.1. The van der Waals surface area contributed by atoms with Gasteiger partial charge in [-0.2, -0.15) is 23.4 Å². The first-order chi connectivity index (χ1) is 16.6. The van der Waals surface area contributed by atoms with E-state index in [9.17, 15) is 18.0 Å². The van der Waals surface area contributed by atoms with Crippen LogP contribution >= 0.6 is 0 Å². The van der Waals surface area contributed by atoms with Gasteiger partial charge in [0.05, 0.1) is 24.8 Å². The highest BCUT2D eigenvalue weighted by Gasteiger charge is 2.39. The van der Waals surface area contributed by atoms with Gasteiger partial charge in [-0.15, -0.1) is 0 Å². The molecule has 2 heterocycles. The number of hydrogen-bond acceptors (Lipinski definition) is 3. The van der Waals surface area contributed by atoms with Crippen molar-refractivity contribution in [2.45, 2.75) is 46.6 Å². The fraction of sp³-hybridized carbons (Fsp3) is 0.269. The lowest BCUT2D eigenvalue weighted by Gasteiger charge is -2.11. The summed E-state index contributed by atoms with van der Waals surface area (Å²) in [5.74, 6) is -0.809. The number of aryl methyl sites for hydroxylation is 3. The van der Waals surface area contributed by atoms with Gasteiger partial charge in [-0.1, -0.05) is 42.5 Å². The second-order valence-electron chi connectivity index (χ2n) is 8.67. The van der Waals surface area contributed by atoms with Gasteiger partial charge in [0.2, 0.25) is 0 Å². The van der Waals surface area contributed by atoms with E-state index in [0.29, 0.717) is 6.54 Å². The van der Waals surface area contributed by atoms with Crippen LogP contribution in [0.4, 0.5) is 13.2 Å². The Balaban J connectivity index is 1.49. The van der Waals surface area contributed by atoms with Crippen LogP contribution in [0.25, 0.3) is 0 Å². The Morgan fingerprint density at radius 2 is 1.51 bits per heavy atom. The minimum Gasteiger partial charge on any atom is -0.348 e. The zero-order valence-corrected chi connectivity index (χ0v) is 19.7. The van der Waals surface area contributed by atoms with Crippen LogP contribution in [0, 0.1) is 20.8 Å². The highest BCUT2D eigenvalue weighted by atomic mass is 19.4. The van der Waals surface area contributed by atoms with Gasteiger partial charge in [0.15, 0.2) is 5.69 Å². The molecule has 182 valence electrons. The Morgan fingerprint density at radius 3 is 2.06 bits per heavy atom. The molecule has 2 aromatic heterocycles. The van der Waals surface area contributed by atoms with Crippen molar-refractivity contribution in [3.05, 3.63) is 106 Å². The highest BCUT2D eigenvalue weighted by Crippen LogP contribution is 2.31.